The minimum absolute atomic E-state index is 0.0373. The van der Waals surface area contributed by atoms with Gasteiger partial charge < -0.3 is 29.9 Å². The Balaban J connectivity index is 0.683. The number of carbonyl (C=O) groups is 3. The lowest BCUT2D eigenvalue weighted by atomic mass is 10.1. The summed E-state index contributed by atoms with van der Waals surface area (Å²) in [5.74, 6) is 0.397. The van der Waals surface area contributed by atoms with Gasteiger partial charge in [-0.05, 0) is 86.7 Å². The summed E-state index contributed by atoms with van der Waals surface area (Å²) in [6.45, 7) is 4.10. The van der Waals surface area contributed by atoms with Gasteiger partial charge in [-0.2, -0.15) is 5.10 Å². The van der Waals surface area contributed by atoms with Crippen LogP contribution in [-0.4, -0.2) is 109 Å². The van der Waals surface area contributed by atoms with Crippen molar-refractivity contribution < 1.29 is 36.7 Å². The van der Waals surface area contributed by atoms with Crippen LogP contribution in [0, 0.1) is 5.82 Å². The van der Waals surface area contributed by atoms with Crippen molar-refractivity contribution in [1.29, 1.82) is 0 Å². The molecule has 76 heavy (non-hydrogen) atoms. The summed E-state index contributed by atoms with van der Waals surface area (Å²) in [6.07, 6.45) is 12.1. The average Bonchev–Trinajstić information content (AvgIpc) is 3.92. The maximum absolute atomic E-state index is 15.7. The van der Waals surface area contributed by atoms with Crippen LogP contribution in [0.2, 0.25) is 0 Å². The molecular formula is C54H57FN12O8S. The van der Waals surface area contributed by atoms with E-state index in [1.165, 1.54) is 51.6 Å². The number of unbranched alkanes of at least 4 members (excludes halogenated alkanes) is 2. The number of ether oxygens (including phenoxy) is 2. The zero-order valence-corrected chi connectivity index (χ0v) is 43.0. The van der Waals surface area contributed by atoms with E-state index in [9.17, 15) is 27.6 Å². The number of aromatic amines is 1. The van der Waals surface area contributed by atoms with E-state index in [2.05, 4.69) is 30.5 Å². The smallest absolute Gasteiger partial charge is 0.328 e. The van der Waals surface area contributed by atoms with E-state index >= 15 is 4.39 Å². The Morgan fingerprint density at radius 2 is 1.61 bits per heavy atom. The molecule has 1 aliphatic heterocycles. The van der Waals surface area contributed by atoms with Crippen LogP contribution >= 0.6 is 0 Å². The maximum atomic E-state index is 15.7. The van der Waals surface area contributed by atoms with Gasteiger partial charge in [-0.1, -0.05) is 25.5 Å². The average molecular weight is 1050 g/mol. The van der Waals surface area contributed by atoms with Crippen LogP contribution in [0.4, 0.5) is 21.6 Å². The fourth-order valence-corrected chi connectivity index (χ4v) is 10.3. The number of halogens is 1. The second-order valence-corrected chi connectivity index (χ2v) is 20.7. The first-order chi connectivity index (χ1) is 36.7. The number of sulfonamides is 1. The molecule has 10 rings (SSSR count). The Labute approximate surface area is 436 Å². The van der Waals surface area contributed by atoms with E-state index in [1.54, 1.807) is 78.9 Å². The standard InChI is InChI=1S/C54H57FN12O8S/c1-4-24-74-38-11-9-12-39(27-38)75-48-29-46-45(63(2)54(71)64(46)3)28-43(48)62-76(72,73)40-13-8-10-35(25-40)52(69)56-19-7-5-6-14-49(68)65-20-22-66(23-21-65)53(70)36-17-18-42(41(55)26-36)60-50-51-57-32-47(37-30-58-59-31-37)67(51)33-44(61-50)34-15-16-34/h8-13,17-18,25-34,62H,4-7,14-16,19-24H2,1-3H3,(H,56,69)(H,58,59)(H,60,61). The van der Waals surface area contributed by atoms with Crippen molar-refractivity contribution in [2.24, 2.45) is 14.1 Å². The summed E-state index contributed by atoms with van der Waals surface area (Å²) in [5, 5.41) is 12.8. The van der Waals surface area contributed by atoms with Crippen LogP contribution in [0.5, 0.6) is 17.2 Å². The molecule has 22 heteroatoms. The first kappa shape index (κ1) is 51.0. The van der Waals surface area contributed by atoms with Crippen LogP contribution in [0.25, 0.3) is 27.9 Å². The third kappa shape index (κ3) is 11.0. The molecule has 1 aliphatic carbocycles. The van der Waals surface area contributed by atoms with Gasteiger partial charge >= 0.3 is 5.69 Å². The van der Waals surface area contributed by atoms with Gasteiger partial charge in [0.1, 0.15) is 17.3 Å². The van der Waals surface area contributed by atoms with Crippen molar-refractivity contribution in [2.75, 3.05) is 49.4 Å². The molecule has 0 radical (unpaired) electrons. The molecule has 0 spiro atoms. The van der Waals surface area contributed by atoms with E-state index in [1.807, 2.05) is 17.5 Å². The summed E-state index contributed by atoms with van der Waals surface area (Å²) >= 11 is 0. The first-order valence-electron chi connectivity index (χ1n) is 25.3. The molecule has 4 N–H and O–H groups in total. The molecule has 20 nitrogen and oxygen atoms in total. The predicted octanol–water partition coefficient (Wildman–Crippen LogP) is 7.73. The minimum atomic E-state index is -4.29. The number of hydrogen-bond acceptors (Lipinski definition) is 12. The number of aromatic nitrogens is 7. The van der Waals surface area contributed by atoms with Gasteiger partial charge in [0.15, 0.2) is 17.2 Å². The molecule has 2 fully saturated rings. The highest BCUT2D eigenvalue weighted by Gasteiger charge is 2.29. The molecule has 2 aliphatic rings. The largest absolute Gasteiger partial charge is 0.493 e. The number of imidazole rings is 2. The third-order valence-electron chi connectivity index (χ3n) is 13.6. The quantitative estimate of drug-likeness (QED) is 0.0538. The molecule has 1 saturated heterocycles. The number of carbonyl (C=O) groups excluding carboxylic acids is 3. The Morgan fingerprint density at radius 3 is 2.36 bits per heavy atom. The summed E-state index contributed by atoms with van der Waals surface area (Å²) in [7, 11) is -1.08. The van der Waals surface area contributed by atoms with Crippen molar-refractivity contribution in [1.82, 2.24) is 48.8 Å². The van der Waals surface area contributed by atoms with Crippen molar-refractivity contribution >= 4 is 61.6 Å². The summed E-state index contributed by atoms with van der Waals surface area (Å²) in [4.78, 5) is 65.4. The molecule has 394 valence electrons. The van der Waals surface area contributed by atoms with Crippen molar-refractivity contribution in [2.45, 2.75) is 62.7 Å². The fourth-order valence-electron chi connectivity index (χ4n) is 9.20. The van der Waals surface area contributed by atoms with Gasteiger partial charge in [-0.25, -0.2) is 27.6 Å². The molecule has 3 amide bonds. The Kier molecular flexibility index (Phi) is 14.6. The molecule has 1 saturated carbocycles. The number of hydrogen-bond donors (Lipinski definition) is 4. The molecule has 0 bridgehead atoms. The van der Waals surface area contributed by atoms with Crippen LogP contribution in [0.3, 0.4) is 0 Å². The molecular weight excluding hydrogens is 996 g/mol. The number of nitrogens with zero attached hydrogens (tertiary/aromatic N) is 8. The second-order valence-electron chi connectivity index (χ2n) is 19.0. The number of rotatable bonds is 20. The van der Waals surface area contributed by atoms with E-state index in [4.69, 9.17) is 14.5 Å². The normalized spacial score (nSPS) is 13.8. The maximum Gasteiger partial charge on any atom is 0.328 e. The molecule has 4 aromatic carbocycles. The number of nitrogens with one attached hydrogen (secondary N) is 4. The summed E-state index contributed by atoms with van der Waals surface area (Å²) < 4.78 is 62.9. The monoisotopic (exact) mass is 1050 g/mol. The van der Waals surface area contributed by atoms with E-state index in [-0.39, 0.29) is 50.7 Å². The fraction of sp³-hybridized carbons (Fsp3) is 0.315. The van der Waals surface area contributed by atoms with E-state index < -0.39 is 21.7 Å². The van der Waals surface area contributed by atoms with Crippen LogP contribution in [0.1, 0.15) is 84.2 Å². The number of H-pyrrole nitrogens is 1. The van der Waals surface area contributed by atoms with Gasteiger partial charge in [0.05, 0.1) is 57.7 Å². The zero-order chi connectivity index (χ0) is 53.1. The number of aryl methyl sites for hydroxylation is 2. The van der Waals surface area contributed by atoms with E-state index in [0.29, 0.717) is 105 Å². The molecule has 5 heterocycles. The topological polar surface area (TPSA) is 232 Å². The van der Waals surface area contributed by atoms with Crippen LogP contribution in [0.15, 0.2) is 113 Å². The number of fused-ring (bicyclic) bond motifs is 2. The van der Waals surface area contributed by atoms with Crippen LogP contribution < -0.4 is 30.5 Å². The molecule has 4 aromatic heterocycles. The van der Waals surface area contributed by atoms with Gasteiger partial charge in [0.25, 0.3) is 21.8 Å². The lowest BCUT2D eigenvalue weighted by molar-refractivity contribution is -0.132. The number of anilines is 3. The highest BCUT2D eigenvalue weighted by Crippen LogP contribution is 2.41. The molecule has 8 aromatic rings. The molecule has 0 atom stereocenters. The Bertz CT molecular complexity index is 3660. The van der Waals surface area contributed by atoms with Gasteiger partial charge in [0.2, 0.25) is 5.91 Å². The minimum Gasteiger partial charge on any atom is -0.493 e. The molecule has 0 unspecified atom stereocenters. The first-order valence-corrected chi connectivity index (χ1v) is 26.7. The van der Waals surface area contributed by atoms with Crippen LogP contribution in [-0.2, 0) is 28.9 Å². The Morgan fingerprint density at radius 1 is 0.842 bits per heavy atom. The highest BCUT2D eigenvalue weighted by atomic mass is 32.2. The van der Waals surface area contributed by atoms with Gasteiger partial charge in [0, 0.05) is 100 Å². The predicted molar refractivity (Wildman–Crippen MR) is 283 cm³/mol. The van der Waals surface area contributed by atoms with Gasteiger partial charge in [-0.15, -0.1) is 0 Å². The Hall–Kier alpha value is -8.53. The lowest BCUT2D eigenvalue weighted by Crippen LogP contribution is -2.50. The van der Waals surface area contributed by atoms with Crippen molar-refractivity contribution in [3.8, 4) is 28.5 Å². The lowest BCUT2D eigenvalue weighted by Gasteiger charge is -2.35. The number of benzene rings is 4. The number of amides is 3. The van der Waals surface area contributed by atoms with Gasteiger partial charge in [-0.3, -0.25) is 37.7 Å². The number of piperazine rings is 1. The second kappa shape index (κ2) is 21.7. The summed E-state index contributed by atoms with van der Waals surface area (Å²) in [5.41, 5.74) is 4.34. The van der Waals surface area contributed by atoms with E-state index in [0.717, 1.165) is 36.2 Å². The SMILES string of the molecule is CCCOc1cccc(Oc2cc3c(cc2NS(=O)(=O)c2cccc(C(=O)NCCCCCC(=O)N4CCN(C(=O)c5ccc(Nc6nc(C7CC7)cn7c(-c8cn[nH]c8)cnc67)c(F)c5)CC4)c2)n(C)c(=O)n3C)c1. The highest BCUT2D eigenvalue weighted by molar-refractivity contribution is 7.92. The van der Waals surface area contributed by atoms with Crippen molar-refractivity contribution in [3.05, 3.63) is 137 Å². The summed E-state index contributed by atoms with van der Waals surface area (Å²) in [6, 6.07) is 20.1. The third-order valence-corrected chi connectivity index (χ3v) is 14.9. The van der Waals surface area contributed by atoms with Crippen molar-refractivity contribution in [3.63, 3.8) is 0 Å². The zero-order valence-electron chi connectivity index (χ0n) is 42.2.